The van der Waals surface area contributed by atoms with Gasteiger partial charge in [0.1, 0.15) is 34.5 Å². The van der Waals surface area contributed by atoms with Gasteiger partial charge in [0.2, 0.25) is 11.8 Å². The molecule has 4 aromatic rings. The summed E-state index contributed by atoms with van der Waals surface area (Å²) in [5.41, 5.74) is 3.10. The van der Waals surface area contributed by atoms with Crippen LogP contribution in [0.15, 0.2) is 29.1 Å². The van der Waals surface area contributed by atoms with E-state index in [1.165, 1.54) is 22.6 Å². The highest BCUT2D eigenvalue weighted by Gasteiger charge is 2.38. The Morgan fingerprint density at radius 1 is 1.12 bits per heavy atom. The van der Waals surface area contributed by atoms with Crippen LogP contribution in [0.1, 0.15) is 47.8 Å². The van der Waals surface area contributed by atoms with Crippen molar-refractivity contribution in [2.75, 3.05) is 11.9 Å². The van der Waals surface area contributed by atoms with Crippen LogP contribution < -0.4 is 5.32 Å². The lowest BCUT2D eigenvalue weighted by molar-refractivity contribution is -0.137. The van der Waals surface area contributed by atoms with E-state index < -0.39 is 17.8 Å². The topological polar surface area (TPSA) is 136 Å². The monoisotopic (exact) mass is 622 g/mol. The molecule has 212 valence electrons. The molecule has 0 saturated carbocycles. The summed E-state index contributed by atoms with van der Waals surface area (Å²) < 4.78 is 15.3. The van der Waals surface area contributed by atoms with Crippen LogP contribution in [-0.2, 0) is 16.1 Å². The molecule has 2 amide bonds. The second-order valence-electron chi connectivity index (χ2n) is 10.4. The third-order valence-corrected chi connectivity index (χ3v) is 7.65. The lowest BCUT2D eigenvalue weighted by Gasteiger charge is -2.24. The Balaban J connectivity index is 1.44. The molecule has 4 aromatic heterocycles. The quantitative estimate of drug-likeness (QED) is 0.250. The molecule has 5 heterocycles. The molecule has 1 fully saturated rings. The summed E-state index contributed by atoms with van der Waals surface area (Å²) in [5.74, 6) is -0.596. The van der Waals surface area contributed by atoms with Gasteiger partial charge in [0.05, 0.1) is 16.9 Å². The van der Waals surface area contributed by atoms with E-state index in [0.29, 0.717) is 52.2 Å². The van der Waals surface area contributed by atoms with Crippen molar-refractivity contribution in [1.82, 2.24) is 34.6 Å². The van der Waals surface area contributed by atoms with E-state index in [2.05, 4.69) is 46.3 Å². The van der Waals surface area contributed by atoms with Gasteiger partial charge in [0, 0.05) is 36.8 Å². The number of anilines is 1. The van der Waals surface area contributed by atoms with Crippen molar-refractivity contribution >= 4 is 50.2 Å². The van der Waals surface area contributed by atoms with Gasteiger partial charge in [-0.05, 0) is 66.7 Å². The molecule has 1 saturated heterocycles. The molecule has 5 rings (SSSR count). The Labute approximate surface area is 243 Å². The van der Waals surface area contributed by atoms with Gasteiger partial charge in [0.25, 0.3) is 0 Å². The van der Waals surface area contributed by atoms with Crippen LogP contribution in [0.25, 0.3) is 22.2 Å². The van der Waals surface area contributed by atoms with E-state index in [-0.39, 0.29) is 40.3 Å². The smallest absolute Gasteiger partial charge is 0.248 e. The molecule has 41 heavy (non-hydrogen) atoms. The number of rotatable bonds is 6. The first-order valence-corrected chi connectivity index (χ1v) is 13.8. The number of halogens is 2. The second-order valence-corrected chi connectivity index (χ2v) is 11.1. The third kappa shape index (κ3) is 5.58. The average molecular weight is 623 g/mol. The Hall–Kier alpha value is -4.13. The summed E-state index contributed by atoms with van der Waals surface area (Å²) in [7, 11) is 0. The standard InChI is InChI=1S/C28H28BrFN8O3/c1-13-6-22(28(41)35-27-14(2)7-20(30)26(29)34-27)37(11-13)23(40)12-38-25-15(3)33-21(18-9-31-17(5)32-10-18)8-19(25)24(36-38)16(4)39/h7-10,13,22H,6,11-12H2,1-5H3,(H,34,35,41)/t13-,22+/m1/s1. The number of ketones is 1. The molecule has 1 aliphatic rings. The molecule has 2 atom stereocenters. The van der Waals surface area contributed by atoms with Crippen LogP contribution in [-0.4, -0.2) is 64.8 Å². The number of aryl methyl sites for hydroxylation is 3. The van der Waals surface area contributed by atoms with Crippen molar-refractivity contribution in [1.29, 1.82) is 0 Å². The minimum Gasteiger partial charge on any atom is -0.329 e. The van der Waals surface area contributed by atoms with Crippen LogP contribution >= 0.6 is 15.9 Å². The highest BCUT2D eigenvalue weighted by Crippen LogP contribution is 2.29. The van der Waals surface area contributed by atoms with Crippen molar-refractivity contribution in [3.63, 3.8) is 0 Å². The van der Waals surface area contributed by atoms with E-state index in [0.717, 1.165) is 0 Å². The second kappa shape index (κ2) is 11.0. The molecule has 1 N–H and O–H groups in total. The van der Waals surface area contributed by atoms with Crippen molar-refractivity contribution in [3.8, 4) is 11.3 Å². The fraction of sp³-hybridized carbons (Fsp3) is 0.357. The molecule has 13 heteroatoms. The summed E-state index contributed by atoms with van der Waals surface area (Å²) in [5, 5.41) is 7.81. The Kier molecular flexibility index (Phi) is 7.64. The zero-order valence-corrected chi connectivity index (χ0v) is 24.8. The van der Waals surface area contributed by atoms with Gasteiger partial charge >= 0.3 is 0 Å². The number of Topliss-reactive ketones (excluding diaryl/α,β-unsaturated/α-hetero) is 1. The van der Waals surface area contributed by atoms with Crippen LogP contribution in [0.4, 0.5) is 10.2 Å². The van der Waals surface area contributed by atoms with E-state index in [4.69, 9.17) is 0 Å². The zero-order valence-electron chi connectivity index (χ0n) is 23.2. The SMILES string of the molecule is CC(=O)c1nn(CC(=O)N2C[C@H](C)C[C@H]2C(=O)Nc2nc(Br)c(F)cc2C)c2c(C)nc(-c3cnc(C)nc3)cc12. The maximum absolute atomic E-state index is 13.8. The molecule has 11 nitrogen and oxygen atoms in total. The number of likely N-dealkylation sites (tertiary alicyclic amines) is 1. The number of fused-ring (bicyclic) bond motifs is 1. The van der Waals surface area contributed by atoms with Gasteiger partial charge in [-0.1, -0.05) is 6.92 Å². The van der Waals surface area contributed by atoms with Gasteiger partial charge in [-0.2, -0.15) is 5.10 Å². The maximum atomic E-state index is 13.8. The first kappa shape index (κ1) is 28.4. The molecule has 0 unspecified atom stereocenters. The van der Waals surface area contributed by atoms with E-state index in [1.54, 1.807) is 39.2 Å². The fourth-order valence-electron chi connectivity index (χ4n) is 5.12. The maximum Gasteiger partial charge on any atom is 0.248 e. The number of nitrogens with zero attached hydrogens (tertiary/aromatic N) is 7. The minimum absolute atomic E-state index is 0.0139. The number of nitrogens with one attached hydrogen (secondary N) is 1. The highest BCUT2D eigenvalue weighted by molar-refractivity contribution is 9.10. The highest BCUT2D eigenvalue weighted by atomic mass is 79.9. The number of carbonyl (C=O) groups excluding carboxylic acids is 3. The Morgan fingerprint density at radius 2 is 1.83 bits per heavy atom. The number of carbonyl (C=O) groups is 3. The summed E-state index contributed by atoms with van der Waals surface area (Å²) in [6.07, 6.45) is 3.79. The van der Waals surface area contributed by atoms with Gasteiger partial charge in [-0.15, -0.1) is 0 Å². The van der Waals surface area contributed by atoms with E-state index in [1.807, 2.05) is 6.92 Å². The number of hydrogen-bond acceptors (Lipinski definition) is 8. The molecule has 0 spiro atoms. The normalized spacial score (nSPS) is 16.8. The van der Waals surface area contributed by atoms with Crippen LogP contribution in [0.3, 0.4) is 0 Å². The number of amides is 2. The molecule has 0 radical (unpaired) electrons. The lowest BCUT2D eigenvalue weighted by atomic mass is 10.1. The summed E-state index contributed by atoms with van der Waals surface area (Å²) in [6, 6.07) is 2.28. The summed E-state index contributed by atoms with van der Waals surface area (Å²) in [4.78, 5) is 58.2. The van der Waals surface area contributed by atoms with Gasteiger partial charge < -0.3 is 10.2 Å². The Morgan fingerprint density at radius 3 is 2.51 bits per heavy atom. The van der Waals surface area contributed by atoms with Crippen molar-refractivity contribution in [3.05, 3.63) is 57.7 Å². The zero-order chi connectivity index (χ0) is 29.6. The van der Waals surface area contributed by atoms with Crippen LogP contribution in [0.5, 0.6) is 0 Å². The van der Waals surface area contributed by atoms with Gasteiger partial charge in [-0.3, -0.25) is 24.0 Å². The van der Waals surface area contributed by atoms with E-state index in [9.17, 15) is 18.8 Å². The van der Waals surface area contributed by atoms with Crippen LogP contribution in [0.2, 0.25) is 0 Å². The molecule has 0 aliphatic carbocycles. The van der Waals surface area contributed by atoms with Gasteiger partial charge in [0.15, 0.2) is 11.6 Å². The molecule has 0 bridgehead atoms. The number of hydrogen-bond donors (Lipinski definition) is 1. The molecule has 1 aliphatic heterocycles. The largest absolute Gasteiger partial charge is 0.329 e. The fourth-order valence-corrected chi connectivity index (χ4v) is 5.41. The summed E-state index contributed by atoms with van der Waals surface area (Å²) >= 11 is 3.05. The third-order valence-electron chi connectivity index (χ3n) is 7.09. The van der Waals surface area contributed by atoms with Crippen molar-refractivity contribution < 1.29 is 18.8 Å². The molecular formula is C28H28BrFN8O3. The van der Waals surface area contributed by atoms with Crippen LogP contribution in [0, 0.1) is 32.5 Å². The minimum atomic E-state index is -0.746. The first-order chi connectivity index (χ1) is 19.4. The lowest BCUT2D eigenvalue weighted by Crippen LogP contribution is -2.44. The predicted molar refractivity (Wildman–Crippen MR) is 153 cm³/mol. The molecule has 0 aromatic carbocycles. The predicted octanol–water partition coefficient (Wildman–Crippen LogP) is 4.19. The number of pyridine rings is 2. The van der Waals surface area contributed by atoms with Crippen molar-refractivity contribution in [2.45, 2.75) is 53.6 Å². The Bertz CT molecular complexity index is 1710. The molecular weight excluding hydrogens is 595 g/mol. The number of aromatic nitrogens is 6. The van der Waals surface area contributed by atoms with E-state index >= 15 is 0 Å². The average Bonchev–Trinajstić information content (AvgIpc) is 3.49. The first-order valence-electron chi connectivity index (χ1n) is 13.0. The van der Waals surface area contributed by atoms with Gasteiger partial charge in [-0.25, -0.2) is 19.3 Å². The summed E-state index contributed by atoms with van der Waals surface area (Å²) in [6.45, 7) is 8.80. The van der Waals surface area contributed by atoms with Crippen molar-refractivity contribution in [2.24, 2.45) is 5.92 Å².